The van der Waals surface area contributed by atoms with Crippen LogP contribution in [0.25, 0.3) is 10.9 Å². The third kappa shape index (κ3) is 1.88. The first-order valence-electron chi connectivity index (χ1n) is 5.93. The predicted molar refractivity (Wildman–Crippen MR) is 75.3 cm³/mol. The van der Waals surface area contributed by atoms with E-state index in [1.807, 2.05) is 33.2 Å². The van der Waals surface area contributed by atoms with Crippen LogP contribution in [0.5, 0.6) is 5.75 Å². The third-order valence-corrected chi connectivity index (χ3v) is 3.13. The van der Waals surface area contributed by atoms with Crippen molar-refractivity contribution in [2.75, 3.05) is 26.1 Å². The number of rotatable bonds is 3. The minimum atomic E-state index is 0.486. The van der Waals surface area contributed by atoms with Gasteiger partial charge in [0, 0.05) is 37.3 Å². The van der Waals surface area contributed by atoms with Crippen LogP contribution in [-0.2, 0) is 6.54 Å². The predicted octanol–water partition coefficient (Wildman–Crippen LogP) is 2.08. The highest BCUT2D eigenvalue weighted by molar-refractivity contribution is 5.97. The van der Waals surface area contributed by atoms with Crippen LogP contribution in [-0.4, -0.2) is 26.2 Å². The Labute approximate surface area is 107 Å². The van der Waals surface area contributed by atoms with Gasteiger partial charge in [0.15, 0.2) is 0 Å². The van der Waals surface area contributed by atoms with Gasteiger partial charge in [-0.3, -0.25) is 0 Å². The van der Waals surface area contributed by atoms with E-state index in [9.17, 15) is 0 Å². The molecular weight excluding hydrogens is 226 g/mol. The van der Waals surface area contributed by atoms with Crippen molar-refractivity contribution in [1.82, 2.24) is 4.98 Å². The fourth-order valence-electron chi connectivity index (χ4n) is 2.32. The molecule has 0 radical (unpaired) electrons. The minimum Gasteiger partial charge on any atom is -0.494 e. The van der Waals surface area contributed by atoms with Gasteiger partial charge >= 0.3 is 0 Å². The number of aromatic nitrogens is 1. The number of ether oxygens (including phenoxy) is 1. The first kappa shape index (κ1) is 12.6. The molecule has 2 aromatic rings. The topological polar surface area (TPSA) is 51.4 Å². The van der Waals surface area contributed by atoms with E-state index in [0.717, 1.165) is 33.6 Å². The molecule has 18 heavy (non-hydrogen) atoms. The van der Waals surface area contributed by atoms with Crippen LogP contribution in [0.15, 0.2) is 18.2 Å². The van der Waals surface area contributed by atoms with E-state index < -0.39 is 0 Å². The lowest BCUT2D eigenvalue weighted by atomic mass is 10.0. The van der Waals surface area contributed by atoms with Gasteiger partial charge in [-0.15, -0.1) is 0 Å². The number of methoxy groups -OCH3 is 1. The van der Waals surface area contributed by atoms with Crippen molar-refractivity contribution in [2.24, 2.45) is 5.73 Å². The first-order chi connectivity index (χ1) is 8.60. The summed E-state index contributed by atoms with van der Waals surface area (Å²) in [6, 6.07) is 5.96. The maximum Gasteiger partial charge on any atom is 0.145 e. The van der Waals surface area contributed by atoms with E-state index in [2.05, 4.69) is 16.0 Å². The van der Waals surface area contributed by atoms with Crippen molar-refractivity contribution in [2.45, 2.75) is 13.5 Å². The van der Waals surface area contributed by atoms with Gasteiger partial charge in [-0.1, -0.05) is 12.1 Å². The van der Waals surface area contributed by atoms with Gasteiger partial charge in [0.2, 0.25) is 0 Å². The Morgan fingerprint density at radius 3 is 2.61 bits per heavy atom. The largest absolute Gasteiger partial charge is 0.494 e. The smallest absolute Gasteiger partial charge is 0.145 e. The lowest BCUT2D eigenvalue weighted by Crippen LogP contribution is -2.16. The molecule has 0 bridgehead atoms. The number of pyridine rings is 1. The Kier molecular flexibility index (Phi) is 3.39. The lowest BCUT2D eigenvalue weighted by Gasteiger charge is -2.21. The summed E-state index contributed by atoms with van der Waals surface area (Å²) in [5, 5.41) is 1.07. The Bertz CT molecular complexity index is 579. The Morgan fingerprint density at radius 1 is 1.33 bits per heavy atom. The zero-order valence-corrected chi connectivity index (χ0v) is 11.3. The molecule has 2 rings (SSSR count). The van der Waals surface area contributed by atoms with Crippen molar-refractivity contribution >= 4 is 16.6 Å². The number of hydrogen-bond donors (Lipinski definition) is 1. The number of fused-ring (bicyclic) bond motifs is 1. The summed E-state index contributed by atoms with van der Waals surface area (Å²) in [6.07, 6.45) is 0. The van der Waals surface area contributed by atoms with Crippen LogP contribution in [0, 0.1) is 6.92 Å². The number of benzene rings is 1. The second kappa shape index (κ2) is 4.82. The fraction of sp³-hybridized carbons (Fsp3) is 0.357. The second-order valence-corrected chi connectivity index (χ2v) is 4.48. The average molecular weight is 245 g/mol. The van der Waals surface area contributed by atoms with E-state index in [1.54, 1.807) is 7.11 Å². The number of nitrogens with two attached hydrogens (primary N) is 1. The number of aryl methyl sites for hydroxylation is 1. The molecular formula is C14H19N3O. The van der Waals surface area contributed by atoms with Gasteiger partial charge < -0.3 is 15.4 Å². The molecule has 0 atom stereocenters. The molecule has 1 aromatic heterocycles. The van der Waals surface area contributed by atoms with E-state index in [1.165, 1.54) is 0 Å². The first-order valence-corrected chi connectivity index (χ1v) is 5.93. The highest BCUT2D eigenvalue weighted by Crippen LogP contribution is 2.34. The zero-order chi connectivity index (χ0) is 13.3. The van der Waals surface area contributed by atoms with Crippen LogP contribution < -0.4 is 15.4 Å². The van der Waals surface area contributed by atoms with Crippen molar-refractivity contribution in [1.29, 1.82) is 0 Å². The van der Waals surface area contributed by atoms with E-state index in [0.29, 0.717) is 6.54 Å². The molecule has 0 saturated carbocycles. The van der Waals surface area contributed by atoms with Gasteiger partial charge in [0.05, 0.1) is 12.8 Å². The lowest BCUT2D eigenvalue weighted by molar-refractivity contribution is 0.419. The summed E-state index contributed by atoms with van der Waals surface area (Å²) in [6.45, 7) is 2.47. The average Bonchev–Trinajstić information content (AvgIpc) is 2.36. The van der Waals surface area contributed by atoms with Gasteiger partial charge in [-0.05, 0) is 13.0 Å². The van der Waals surface area contributed by atoms with E-state index in [4.69, 9.17) is 10.5 Å². The monoisotopic (exact) mass is 245 g/mol. The molecule has 4 heteroatoms. The van der Waals surface area contributed by atoms with Gasteiger partial charge in [0.25, 0.3) is 0 Å². The summed E-state index contributed by atoms with van der Waals surface area (Å²) in [5.74, 6) is 0.794. The molecule has 0 fully saturated rings. The highest BCUT2D eigenvalue weighted by atomic mass is 16.5. The van der Waals surface area contributed by atoms with Gasteiger partial charge in [0.1, 0.15) is 11.3 Å². The molecule has 0 spiro atoms. The molecule has 0 amide bonds. The summed E-state index contributed by atoms with van der Waals surface area (Å²) >= 11 is 0. The van der Waals surface area contributed by atoms with Crippen LogP contribution in [0.2, 0.25) is 0 Å². The summed E-state index contributed by atoms with van der Waals surface area (Å²) < 4.78 is 5.38. The SMILES string of the molecule is COc1cccc2c(N(C)C)c(CN)c(C)nc12. The van der Waals surface area contributed by atoms with Crippen LogP contribution in [0.1, 0.15) is 11.3 Å². The Balaban J connectivity index is 2.90. The quantitative estimate of drug-likeness (QED) is 0.899. The molecule has 0 aliphatic heterocycles. The molecule has 2 N–H and O–H groups in total. The van der Waals surface area contributed by atoms with E-state index >= 15 is 0 Å². The number of hydrogen-bond acceptors (Lipinski definition) is 4. The summed E-state index contributed by atoms with van der Waals surface area (Å²) in [7, 11) is 5.71. The molecule has 4 nitrogen and oxygen atoms in total. The second-order valence-electron chi connectivity index (χ2n) is 4.48. The Hall–Kier alpha value is -1.81. The van der Waals surface area contributed by atoms with Crippen molar-refractivity contribution < 1.29 is 4.74 Å². The highest BCUT2D eigenvalue weighted by Gasteiger charge is 2.15. The number of nitrogens with zero attached hydrogens (tertiary/aromatic N) is 2. The maximum absolute atomic E-state index is 5.85. The Morgan fingerprint density at radius 2 is 2.06 bits per heavy atom. The number of para-hydroxylation sites is 1. The molecule has 0 aliphatic carbocycles. The van der Waals surface area contributed by atoms with Gasteiger partial charge in [-0.25, -0.2) is 4.98 Å². The minimum absolute atomic E-state index is 0.486. The molecule has 0 aliphatic rings. The van der Waals surface area contributed by atoms with Crippen LogP contribution in [0.3, 0.4) is 0 Å². The van der Waals surface area contributed by atoms with E-state index in [-0.39, 0.29) is 0 Å². The maximum atomic E-state index is 5.85. The van der Waals surface area contributed by atoms with Crippen molar-refractivity contribution in [3.8, 4) is 5.75 Å². The summed E-state index contributed by atoms with van der Waals surface area (Å²) in [4.78, 5) is 6.71. The normalized spacial score (nSPS) is 10.7. The van der Waals surface area contributed by atoms with Crippen molar-refractivity contribution in [3.05, 3.63) is 29.5 Å². The standard InChI is InChI=1S/C14H19N3O/c1-9-11(8-15)14(17(2)3)10-6-5-7-12(18-4)13(10)16-9/h5-7H,8,15H2,1-4H3. The molecule has 0 saturated heterocycles. The molecule has 96 valence electrons. The molecule has 1 heterocycles. The van der Waals surface area contributed by atoms with Gasteiger partial charge in [-0.2, -0.15) is 0 Å². The fourth-order valence-corrected chi connectivity index (χ4v) is 2.32. The van der Waals surface area contributed by atoms with Crippen LogP contribution in [0.4, 0.5) is 5.69 Å². The number of anilines is 1. The van der Waals surface area contributed by atoms with Crippen LogP contribution >= 0.6 is 0 Å². The zero-order valence-electron chi connectivity index (χ0n) is 11.3. The van der Waals surface area contributed by atoms with Crippen molar-refractivity contribution in [3.63, 3.8) is 0 Å². The molecule has 0 unspecified atom stereocenters. The molecule has 1 aromatic carbocycles. The third-order valence-electron chi connectivity index (χ3n) is 3.13. The summed E-state index contributed by atoms with van der Waals surface area (Å²) in [5.41, 5.74) is 9.91.